The summed E-state index contributed by atoms with van der Waals surface area (Å²) in [5.74, 6) is 0.138. The number of carbonyl (C=O) groups excluding carboxylic acids is 1. The molecule has 0 spiro atoms. The van der Waals surface area contributed by atoms with Crippen molar-refractivity contribution in [3.63, 3.8) is 0 Å². The van der Waals surface area contributed by atoms with E-state index in [0.29, 0.717) is 35.2 Å². The van der Waals surface area contributed by atoms with Gasteiger partial charge in [-0.2, -0.15) is 4.31 Å². The largest absolute Gasteiger partial charge is 0.494 e. The van der Waals surface area contributed by atoms with Crippen LogP contribution in [-0.2, 0) is 21.4 Å². The van der Waals surface area contributed by atoms with E-state index in [-0.39, 0.29) is 11.4 Å². The molecule has 0 radical (unpaired) electrons. The monoisotopic (exact) mass is 446 g/mol. The molecular formula is C18H20Cl2N2O5S. The van der Waals surface area contributed by atoms with E-state index in [4.69, 9.17) is 33.1 Å². The summed E-state index contributed by atoms with van der Waals surface area (Å²) in [7, 11) is -4.00. The molecule has 0 aliphatic heterocycles. The molecule has 1 amide bonds. The maximum absolute atomic E-state index is 13.0. The van der Waals surface area contributed by atoms with Gasteiger partial charge in [0.25, 0.3) is 5.91 Å². The number of alkyl halides is 1. The van der Waals surface area contributed by atoms with Gasteiger partial charge in [0.05, 0.1) is 18.0 Å². The molecule has 10 heteroatoms. The summed E-state index contributed by atoms with van der Waals surface area (Å²) in [6, 6.07) is 12.4. The normalized spacial score (nSPS) is 11.4. The standard InChI is InChI=1S/C18H20Cl2N2O5S/c19-10-1-11-27-16-6-8-17(9-7-16)28(25,26)22(13-18(23)21-24)12-14-2-4-15(20)5-3-14/h2-9,24H,1,10-13H2,(H,21,23). The minimum absolute atomic E-state index is 0.00287. The second-order valence-corrected chi connectivity index (χ2v) is 8.55. The zero-order valence-corrected chi connectivity index (χ0v) is 17.2. The molecule has 0 saturated heterocycles. The summed E-state index contributed by atoms with van der Waals surface area (Å²) in [4.78, 5) is 11.6. The average molecular weight is 447 g/mol. The molecule has 2 N–H and O–H groups in total. The third kappa shape index (κ3) is 6.35. The fourth-order valence-corrected chi connectivity index (χ4v) is 3.94. The van der Waals surface area contributed by atoms with Gasteiger partial charge < -0.3 is 4.74 Å². The Morgan fingerprint density at radius 3 is 2.32 bits per heavy atom. The molecule has 0 aliphatic rings. The van der Waals surface area contributed by atoms with Gasteiger partial charge in [0.1, 0.15) is 5.75 Å². The first-order chi connectivity index (χ1) is 13.4. The zero-order valence-electron chi connectivity index (χ0n) is 14.8. The number of amides is 1. The first-order valence-corrected chi connectivity index (χ1v) is 10.7. The maximum Gasteiger partial charge on any atom is 0.258 e. The summed E-state index contributed by atoms with van der Waals surface area (Å²) in [5, 5.41) is 9.31. The lowest BCUT2D eigenvalue weighted by Crippen LogP contribution is -2.39. The molecule has 0 unspecified atom stereocenters. The Morgan fingerprint density at radius 1 is 1.11 bits per heavy atom. The molecule has 2 rings (SSSR count). The van der Waals surface area contributed by atoms with Gasteiger partial charge in [0.2, 0.25) is 10.0 Å². The van der Waals surface area contributed by atoms with Crippen LogP contribution in [0.25, 0.3) is 0 Å². The Bertz CT molecular complexity index is 874. The number of benzene rings is 2. The van der Waals surface area contributed by atoms with Crippen LogP contribution in [0.2, 0.25) is 5.02 Å². The van der Waals surface area contributed by atoms with Gasteiger partial charge in [-0.15, -0.1) is 11.6 Å². The van der Waals surface area contributed by atoms with Crippen molar-refractivity contribution < 1.29 is 23.2 Å². The number of hydrogen-bond donors (Lipinski definition) is 2. The van der Waals surface area contributed by atoms with Gasteiger partial charge >= 0.3 is 0 Å². The second-order valence-electron chi connectivity index (χ2n) is 5.80. The highest BCUT2D eigenvalue weighted by molar-refractivity contribution is 7.89. The van der Waals surface area contributed by atoms with Crippen LogP contribution in [0.4, 0.5) is 0 Å². The summed E-state index contributed by atoms with van der Waals surface area (Å²) < 4.78 is 32.4. The second kappa shape index (κ2) is 10.6. The lowest BCUT2D eigenvalue weighted by molar-refractivity contribution is -0.129. The molecule has 0 atom stereocenters. The third-order valence-electron chi connectivity index (χ3n) is 3.73. The average Bonchev–Trinajstić information content (AvgIpc) is 2.69. The van der Waals surface area contributed by atoms with E-state index in [9.17, 15) is 13.2 Å². The molecule has 0 fully saturated rings. The van der Waals surface area contributed by atoms with Gasteiger partial charge in [0, 0.05) is 17.4 Å². The van der Waals surface area contributed by atoms with Crippen molar-refractivity contribution in [2.75, 3.05) is 19.0 Å². The number of nitrogens with zero attached hydrogens (tertiary/aromatic N) is 1. The fourth-order valence-electron chi connectivity index (χ4n) is 2.32. The molecular weight excluding hydrogens is 427 g/mol. The molecule has 152 valence electrons. The Morgan fingerprint density at radius 2 is 1.75 bits per heavy atom. The number of hydrogen-bond acceptors (Lipinski definition) is 5. The predicted octanol–water partition coefficient (Wildman–Crippen LogP) is 3.04. The van der Waals surface area contributed by atoms with E-state index in [1.807, 2.05) is 0 Å². The molecule has 0 heterocycles. The Hall–Kier alpha value is -1.84. The Kier molecular flexibility index (Phi) is 8.53. The van der Waals surface area contributed by atoms with Gasteiger partial charge in [-0.25, -0.2) is 13.9 Å². The van der Waals surface area contributed by atoms with Crippen molar-refractivity contribution in [2.24, 2.45) is 0 Å². The molecule has 0 aliphatic carbocycles. The first kappa shape index (κ1) is 22.4. The Balaban J connectivity index is 2.23. The van der Waals surface area contributed by atoms with E-state index in [1.165, 1.54) is 29.7 Å². The van der Waals surface area contributed by atoms with Crippen molar-refractivity contribution in [1.82, 2.24) is 9.79 Å². The predicted molar refractivity (Wildman–Crippen MR) is 106 cm³/mol. The molecule has 0 aromatic heterocycles. The minimum Gasteiger partial charge on any atom is -0.494 e. The number of rotatable bonds is 10. The summed E-state index contributed by atoms with van der Waals surface area (Å²) in [6.45, 7) is -0.189. The van der Waals surface area contributed by atoms with Crippen molar-refractivity contribution in [1.29, 1.82) is 0 Å². The van der Waals surface area contributed by atoms with Crippen LogP contribution in [0.15, 0.2) is 53.4 Å². The highest BCUT2D eigenvalue weighted by Gasteiger charge is 2.27. The van der Waals surface area contributed by atoms with Crippen LogP contribution in [0.5, 0.6) is 5.75 Å². The first-order valence-electron chi connectivity index (χ1n) is 8.33. The van der Waals surface area contributed by atoms with E-state index < -0.39 is 22.5 Å². The van der Waals surface area contributed by atoms with Gasteiger partial charge in [-0.3, -0.25) is 10.0 Å². The quantitative estimate of drug-likeness (QED) is 0.253. The van der Waals surface area contributed by atoms with Crippen LogP contribution in [0.3, 0.4) is 0 Å². The highest BCUT2D eigenvalue weighted by atomic mass is 35.5. The number of nitrogens with one attached hydrogen (secondary N) is 1. The highest BCUT2D eigenvalue weighted by Crippen LogP contribution is 2.22. The number of hydroxylamine groups is 1. The molecule has 7 nitrogen and oxygen atoms in total. The van der Waals surface area contributed by atoms with E-state index in [0.717, 1.165) is 4.31 Å². The lowest BCUT2D eigenvalue weighted by atomic mass is 10.2. The molecule has 0 bridgehead atoms. The van der Waals surface area contributed by atoms with E-state index in [1.54, 1.807) is 24.3 Å². The summed E-state index contributed by atoms with van der Waals surface area (Å²) in [6.07, 6.45) is 0.673. The SMILES string of the molecule is O=C(CN(Cc1ccc(Cl)cc1)S(=O)(=O)c1ccc(OCCCCl)cc1)NO. The number of carbonyl (C=O) groups is 1. The summed E-state index contributed by atoms with van der Waals surface area (Å²) in [5.41, 5.74) is 2.09. The van der Waals surface area contributed by atoms with E-state index in [2.05, 4.69) is 0 Å². The minimum atomic E-state index is -4.00. The van der Waals surface area contributed by atoms with Crippen molar-refractivity contribution in [3.8, 4) is 5.75 Å². The fraction of sp³-hybridized carbons (Fsp3) is 0.278. The maximum atomic E-state index is 13.0. The van der Waals surface area contributed by atoms with Crippen LogP contribution in [0.1, 0.15) is 12.0 Å². The molecule has 0 saturated carbocycles. The van der Waals surface area contributed by atoms with Crippen LogP contribution in [0, 0.1) is 0 Å². The van der Waals surface area contributed by atoms with Crippen LogP contribution in [-0.4, -0.2) is 42.9 Å². The zero-order chi connectivity index (χ0) is 20.6. The smallest absolute Gasteiger partial charge is 0.258 e. The number of ether oxygens (including phenoxy) is 1. The topological polar surface area (TPSA) is 95.9 Å². The van der Waals surface area contributed by atoms with Crippen molar-refractivity contribution in [2.45, 2.75) is 17.9 Å². The molecule has 2 aromatic rings. The van der Waals surface area contributed by atoms with Gasteiger partial charge in [-0.05, 0) is 48.4 Å². The number of sulfonamides is 1. The molecule has 28 heavy (non-hydrogen) atoms. The van der Waals surface area contributed by atoms with E-state index >= 15 is 0 Å². The van der Waals surface area contributed by atoms with Crippen molar-refractivity contribution >= 4 is 39.1 Å². The van der Waals surface area contributed by atoms with Gasteiger partial charge in [-0.1, -0.05) is 23.7 Å². The van der Waals surface area contributed by atoms with Crippen LogP contribution >= 0.6 is 23.2 Å². The summed E-state index contributed by atoms with van der Waals surface area (Å²) >= 11 is 11.4. The van der Waals surface area contributed by atoms with Gasteiger partial charge in [0.15, 0.2) is 0 Å². The third-order valence-corrected chi connectivity index (χ3v) is 6.05. The van der Waals surface area contributed by atoms with Crippen molar-refractivity contribution in [3.05, 3.63) is 59.1 Å². The van der Waals surface area contributed by atoms with Crippen LogP contribution < -0.4 is 10.2 Å². The number of halogens is 2. The lowest BCUT2D eigenvalue weighted by Gasteiger charge is -2.21. The molecule has 2 aromatic carbocycles. The Labute approximate surface area is 173 Å².